The summed E-state index contributed by atoms with van der Waals surface area (Å²) in [7, 11) is 0. The van der Waals surface area contributed by atoms with Gasteiger partial charge in [-0.15, -0.1) is 0 Å². The van der Waals surface area contributed by atoms with E-state index in [-0.39, 0.29) is 27.5 Å². The largest absolute Gasteiger partial charge is 0.459 e. The number of ether oxygens (including phenoxy) is 9. The predicted octanol–water partition coefficient (Wildman–Crippen LogP) is 3.51. The molecule has 25 atom stereocenters. The van der Waals surface area contributed by atoms with Crippen molar-refractivity contribution in [1.82, 2.24) is 0 Å². The van der Waals surface area contributed by atoms with E-state index in [2.05, 4.69) is 33.8 Å². The van der Waals surface area contributed by atoms with Crippen LogP contribution in [0.25, 0.3) is 0 Å². The van der Waals surface area contributed by atoms with Crippen molar-refractivity contribution in [3.05, 3.63) is 46.3 Å². The first-order valence-electron chi connectivity index (χ1n) is 25.5. The lowest BCUT2D eigenvalue weighted by atomic mass is 9.47. The van der Waals surface area contributed by atoms with Crippen LogP contribution in [0.15, 0.2) is 29.8 Å². The molecule has 5 unspecified atom stereocenters. The standard InChI is InChI=1S/C51H72ClFO17/c1-22-10-15-51(63-20-22)23(2)36-33(70-51)18-31-28-8-6-25-16-27(11-13-49(25,4)30(28)12-14-50(31,36)5)65-48-44(69-46-41(59)39(57)37(55)24(3)64-46)42(60)43(34(19-54)66-48)68-47-40(58)38(56)35(67-47)21-62-45(61)29-9-7-26(53)17-32(29)52/h6-7,9,17,22-24,27-28,30-31,33-44,46-48,54-60H,8,10-16,18-21H2,1-5H3/t22-,23+,24+,27+,28?,30?,31?,33?,34-,35+,36?,37+,38+,39-,40-,41-,42+,43-,44-,46-,47-,48-,49+,50+,51-/m1/s1. The lowest BCUT2D eigenvalue weighted by Gasteiger charge is -2.58. The zero-order valence-electron chi connectivity index (χ0n) is 40.5. The maximum absolute atomic E-state index is 13.6. The van der Waals surface area contributed by atoms with Crippen LogP contribution >= 0.6 is 11.6 Å². The monoisotopic (exact) mass is 1010 g/mol. The maximum Gasteiger partial charge on any atom is 0.339 e. The minimum Gasteiger partial charge on any atom is -0.459 e. The fourth-order valence-electron chi connectivity index (χ4n) is 14.7. The molecule has 7 N–H and O–H groups in total. The molecule has 5 heterocycles. The van der Waals surface area contributed by atoms with Gasteiger partial charge in [-0.1, -0.05) is 50.9 Å². The third kappa shape index (κ3) is 8.82. The number of esters is 1. The Bertz CT molecular complexity index is 2090. The molecule has 3 saturated carbocycles. The Kier molecular flexibility index (Phi) is 14.5. The Morgan fingerprint density at radius 2 is 1.54 bits per heavy atom. The molecule has 70 heavy (non-hydrogen) atoms. The topological polar surface area (TPSA) is 242 Å². The van der Waals surface area contributed by atoms with Crippen LogP contribution in [0.3, 0.4) is 0 Å². The Morgan fingerprint density at radius 3 is 2.27 bits per heavy atom. The molecule has 10 rings (SSSR count). The number of aliphatic hydroxyl groups excluding tert-OH is 7. The zero-order chi connectivity index (χ0) is 49.8. The van der Waals surface area contributed by atoms with Crippen LogP contribution in [0.2, 0.25) is 5.02 Å². The molecule has 17 nitrogen and oxygen atoms in total. The highest BCUT2D eigenvalue weighted by molar-refractivity contribution is 6.33. The van der Waals surface area contributed by atoms with Crippen molar-refractivity contribution in [3.8, 4) is 0 Å². The van der Waals surface area contributed by atoms with Gasteiger partial charge in [-0.3, -0.25) is 0 Å². The average Bonchev–Trinajstić information content (AvgIpc) is 3.89. The predicted molar refractivity (Wildman–Crippen MR) is 243 cm³/mol. The summed E-state index contributed by atoms with van der Waals surface area (Å²) < 4.78 is 69.3. The second kappa shape index (κ2) is 19.6. The molecular weight excluding hydrogens is 939 g/mol. The fraction of sp³-hybridized carbons (Fsp3) is 0.824. The lowest BCUT2D eigenvalue weighted by molar-refractivity contribution is -0.380. The Balaban J connectivity index is 0.830. The first-order chi connectivity index (χ1) is 33.3. The Hall–Kier alpha value is -1.95. The van der Waals surface area contributed by atoms with Gasteiger partial charge in [-0.25, -0.2) is 9.18 Å². The quantitative estimate of drug-likeness (QED) is 0.131. The number of benzene rings is 1. The molecule has 0 aromatic heterocycles. The van der Waals surface area contributed by atoms with Crippen LogP contribution in [0.5, 0.6) is 0 Å². The number of carbonyl (C=O) groups is 1. The highest BCUT2D eigenvalue weighted by atomic mass is 35.5. The molecule has 8 fully saturated rings. The number of allylic oxidation sites excluding steroid dienone is 1. The summed E-state index contributed by atoms with van der Waals surface area (Å²) in [5.41, 5.74) is 1.29. The summed E-state index contributed by atoms with van der Waals surface area (Å²) in [6.07, 6.45) is -10.6. The van der Waals surface area contributed by atoms with Crippen molar-refractivity contribution in [3.63, 3.8) is 0 Å². The van der Waals surface area contributed by atoms with Gasteiger partial charge in [0.1, 0.15) is 73.5 Å². The van der Waals surface area contributed by atoms with E-state index < -0.39 is 123 Å². The summed E-state index contributed by atoms with van der Waals surface area (Å²) in [6, 6.07) is 3.11. The summed E-state index contributed by atoms with van der Waals surface area (Å²) >= 11 is 6.01. The number of carbonyl (C=O) groups excluding carboxylic acids is 1. The van der Waals surface area contributed by atoms with Gasteiger partial charge in [0.25, 0.3) is 0 Å². The molecule has 4 aliphatic carbocycles. The van der Waals surface area contributed by atoms with Crippen molar-refractivity contribution in [2.75, 3.05) is 19.8 Å². The van der Waals surface area contributed by atoms with Crippen molar-refractivity contribution >= 4 is 17.6 Å². The number of hydrogen-bond donors (Lipinski definition) is 7. The van der Waals surface area contributed by atoms with Gasteiger partial charge in [-0.05, 0) is 117 Å². The van der Waals surface area contributed by atoms with Gasteiger partial charge in [-0.2, -0.15) is 0 Å². The van der Waals surface area contributed by atoms with Crippen LogP contribution in [-0.2, 0) is 42.6 Å². The van der Waals surface area contributed by atoms with Crippen molar-refractivity contribution in [2.24, 2.45) is 46.3 Å². The highest BCUT2D eigenvalue weighted by Crippen LogP contribution is 2.70. The number of rotatable bonds is 10. The number of hydrogen-bond acceptors (Lipinski definition) is 17. The number of fused-ring (bicyclic) bond motifs is 7. The third-order valence-corrected chi connectivity index (χ3v) is 19.0. The summed E-state index contributed by atoms with van der Waals surface area (Å²) in [5, 5.41) is 76.8. The van der Waals surface area contributed by atoms with E-state index in [1.54, 1.807) is 0 Å². The summed E-state index contributed by atoms with van der Waals surface area (Å²) in [5.74, 6) is 0.854. The molecule has 1 aromatic rings. The molecule has 392 valence electrons. The maximum atomic E-state index is 13.6. The third-order valence-electron chi connectivity index (χ3n) is 18.7. The van der Waals surface area contributed by atoms with E-state index in [1.165, 1.54) is 12.5 Å². The van der Waals surface area contributed by atoms with E-state index in [0.29, 0.717) is 48.3 Å². The van der Waals surface area contributed by atoms with E-state index in [4.69, 9.17) is 54.2 Å². The van der Waals surface area contributed by atoms with Gasteiger partial charge in [0.15, 0.2) is 24.7 Å². The van der Waals surface area contributed by atoms with Crippen molar-refractivity contribution < 1.29 is 87.6 Å². The minimum atomic E-state index is -1.76. The average molecular weight is 1010 g/mol. The van der Waals surface area contributed by atoms with E-state index in [1.807, 2.05) is 0 Å². The van der Waals surface area contributed by atoms with Crippen molar-refractivity contribution in [2.45, 2.75) is 196 Å². The van der Waals surface area contributed by atoms with Gasteiger partial charge in [0.05, 0.1) is 42.1 Å². The lowest BCUT2D eigenvalue weighted by Crippen LogP contribution is -2.65. The van der Waals surface area contributed by atoms with Crippen LogP contribution in [0.4, 0.5) is 4.39 Å². The molecule has 5 saturated heterocycles. The molecule has 0 radical (unpaired) electrons. The Morgan fingerprint density at radius 1 is 0.814 bits per heavy atom. The van der Waals surface area contributed by atoms with Crippen LogP contribution in [0, 0.1) is 52.2 Å². The van der Waals surface area contributed by atoms with Gasteiger partial charge >= 0.3 is 5.97 Å². The second-order valence-corrected chi connectivity index (χ2v) is 23.0. The zero-order valence-corrected chi connectivity index (χ0v) is 41.2. The second-order valence-electron chi connectivity index (χ2n) is 22.6. The smallest absolute Gasteiger partial charge is 0.339 e. The first-order valence-corrected chi connectivity index (χ1v) is 25.9. The number of halogens is 2. The Labute approximate surface area is 412 Å². The molecule has 5 aliphatic heterocycles. The number of aliphatic hydroxyl groups is 7. The molecule has 1 aromatic carbocycles. The van der Waals surface area contributed by atoms with Gasteiger partial charge in [0.2, 0.25) is 0 Å². The fourth-order valence-corrected chi connectivity index (χ4v) is 15.0. The molecule has 0 bridgehead atoms. The van der Waals surface area contributed by atoms with Crippen LogP contribution in [-0.4, -0.2) is 166 Å². The summed E-state index contributed by atoms with van der Waals surface area (Å²) in [4.78, 5) is 12.7. The van der Waals surface area contributed by atoms with Crippen molar-refractivity contribution in [1.29, 1.82) is 0 Å². The highest BCUT2D eigenvalue weighted by Gasteiger charge is 2.69. The molecule has 0 amide bonds. The van der Waals surface area contributed by atoms with Gasteiger partial charge in [0, 0.05) is 12.3 Å². The molecule has 1 spiro atoms. The van der Waals surface area contributed by atoms with Crippen LogP contribution < -0.4 is 0 Å². The normalized spacial score (nSPS) is 51.0. The molecular formula is C51H72ClFO17. The molecule has 19 heteroatoms. The minimum absolute atomic E-state index is 0.0580. The van der Waals surface area contributed by atoms with E-state index in [9.17, 15) is 44.9 Å². The first kappa shape index (κ1) is 51.5. The van der Waals surface area contributed by atoms with E-state index >= 15 is 0 Å². The SMILES string of the molecule is C[C@@H]1CC[C@@]2(OC1)OC1CC3C4CC=C5C[C@@H](O[C@@H]6O[C@H](CO)[C@@H](O[C@H]7O[C@@H](COC(=O)c8ccc(F)cc8Cl)[C@H](O)[C@H]7O)[C@H](O)[C@H]6O[C@H]6O[C@@H](C)[C@H](O)[C@@H](O)[C@H]6O)CC[C@]5(C)C4CC[C@]3(C)C1[C@@H]2C. The van der Waals surface area contributed by atoms with E-state index in [0.717, 1.165) is 69.8 Å². The van der Waals surface area contributed by atoms with Crippen LogP contribution in [0.1, 0.15) is 103 Å². The summed E-state index contributed by atoms with van der Waals surface area (Å²) in [6.45, 7) is 10.5. The molecule has 9 aliphatic rings. The van der Waals surface area contributed by atoms with Gasteiger partial charge < -0.3 is 78.4 Å².